The van der Waals surface area contributed by atoms with E-state index in [1.807, 2.05) is 0 Å². The minimum Gasteiger partial charge on any atom is -0.369 e. The van der Waals surface area contributed by atoms with Gasteiger partial charge in [0.1, 0.15) is 0 Å². The molecule has 0 radical (unpaired) electrons. The Kier molecular flexibility index (Phi) is 6.29. The summed E-state index contributed by atoms with van der Waals surface area (Å²) < 4.78 is 0. The van der Waals surface area contributed by atoms with Gasteiger partial charge in [-0.05, 0) is 17.7 Å². The van der Waals surface area contributed by atoms with E-state index in [0.29, 0.717) is 5.02 Å². The standard InChI is InChI=1S/C9H11ClN4O.ClH/c10-7-3-1-6(2-4-7)5-8(15)13-14-9(11)12;/h1-4H,5H2,(H,13,15)(H4,11,12,14);1H. The maximum absolute atomic E-state index is 11.2. The highest BCUT2D eigenvalue weighted by Gasteiger charge is 2.01. The van der Waals surface area contributed by atoms with Crippen LogP contribution in [0.25, 0.3) is 0 Å². The van der Waals surface area contributed by atoms with Crippen LogP contribution in [-0.4, -0.2) is 11.9 Å². The topological polar surface area (TPSA) is 93.5 Å². The van der Waals surface area contributed by atoms with Crippen molar-refractivity contribution in [2.75, 3.05) is 0 Å². The van der Waals surface area contributed by atoms with Crippen LogP contribution in [0, 0.1) is 0 Å². The maximum atomic E-state index is 11.2. The fraction of sp³-hybridized carbons (Fsp3) is 0.111. The summed E-state index contributed by atoms with van der Waals surface area (Å²) >= 11 is 5.70. The summed E-state index contributed by atoms with van der Waals surface area (Å²) in [6.45, 7) is 0. The summed E-state index contributed by atoms with van der Waals surface area (Å²) in [5.74, 6) is -0.467. The Balaban J connectivity index is 0.00000225. The molecule has 1 aromatic carbocycles. The molecule has 1 amide bonds. The number of nitrogens with one attached hydrogen (secondary N) is 1. The van der Waals surface area contributed by atoms with Gasteiger partial charge in [0.15, 0.2) is 0 Å². The van der Waals surface area contributed by atoms with Crippen molar-refractivity contribution in [3.05, 3.63) is 34.9 Å². The Labute approximate surface area is 104 Å². The molecule has 5 nitrogen and oxygen atoms in total. The summed E-state index contributed by atoms with van der Waals surface area (Å²) in [7, 11) is 0. The Morgan fingerprint density at radius 2 is 1.88 bits per heavy atom. The molecule has 0 aliphatic carbocycles. The number of hydrazone groups is 1. The third kappa shape index (κ3) is 5.43. The van der Waals surface area contributed by atoms with Gasteiger partial charge in [-0.25, -0.2) is 5.43 Å². The van der Waals surface area contributed by atoms with Gasteiger partial charge in [0, 0.05) is 5.02 Å². The zero-order valence-corrected chi connectivity index (χ0v) is 9.89. The minimum atomic E-state index is -0.286. The maximum Gasteiger partial charge on any atom is 0.244 e. The first-order valence-electron chi connectivity index (χ1n) is 4.20. The second-order valence-corrected chi connectivity index (χ2v) is 3.31. The van der Waals surface area contributed by atoms with Crippen LogP contribution in [-0.2, 0) is 11.2 Å². The van der Waals surface area contributed by atoms with Gasteiger partial charge >= 0.3 is 0 Å². The lowest BCUT2D eigenvalue weighted by Gasteiger charge is -2.00. The van der Waals surface area contributed by atoms with Crippen LogP contribution < -0.4 is 16.9 Å². The van der Waals surface area contributed by atoms with E-state index in [9.17, 15) is 4.79 Å². The normalized spacial score (nSPS) is 8.81. The SMILES string of the molecule is Cl.NC(N)=NNC(=O)Cc1ccc(Cl)cc1. The van der Waals surface area contributed by atoms with Crippen molar-refractivity contribution in [1.82, 2.24) is 5.43 Å². The molecule has 1 aromatic rings. The minimum absolute atomic E-state index is 0. The fourth-order valence-electron chi connectivity index (χ4n) is 0.954. The number of amides is 1. The van der Waals surface area contributed by atoms with Crippen molar-refractivity contribution in [2.24, 2.45) is 16.6 Å². The zero-order chi connectivity index (χ0) is 11.3. The van der Waals surface area contributed by atoms with Gasteiger partial charge in [0.25, 0.3) is 0 Å². The number of carbonyl (C=O) groups is 1. The summed E-state index contributed by atoms with van der Waals surface area (Å²) in [4.78, 5) is 11.2. The van der Waals surface area contributed by atoms with Crippen molar-refractivity contribution >= 4 is 35.9 Å². The van der Waals surface area contributed by atoms with Gasteiger partial charge in [-0.2, -0.15) is 0 Å². The molecule has 0 unspecified atom stereocenters. The first-order chi connectivity index (χ1) is 7.08. The molecule has 0 saturated heterocycles. The Bertz CT molecular complexity index is 374. The molecule has 0 spiro atoms. The van der Waals surface area contributed by atoms with Crippen molar-refractivity contribution in [3.63, 3.8) is 0 Å². The molecule has 0 bridgehead atoms. The first kappa shape index (κ1) is 14.5. The number of halogens is 2. The Morgan fingerprint density at radius 3 is 2.38 bits per heavy atom. The number of guanidine groups is 1. The lowest BCUT2D eigenvalue weighted by molar-refractivity contribution is -0.120. The molecular weight excluding hydrogens is 251 g/mol. The van der Waals surface area contributed by atoms with Crippen molar-refractivity contribution in [2.45, 2.75) is 6.42 Å². The molecule has 0 aromatic heterocycles. The molecule has 0 aliphatic rings. The average molecular weight is 263 g/mol. The summed E-state index contributed by atoms with van der Waals surface area (Å²) in [6, 6.07) is 6.95. The van der Waals surface area contributed by atoms with Gasteiger partial charge in [0.05, 0.1) is 6.42 Å². The highest BCUT2D eigenvalue weighted by molar-refractivity contribution is 6.30. The third-order valence-corrected chi connectivity index (χ3v) is 1.84. The molecular formula is C9H12Cl2N4O. The fourth-order valence-corrected chi connectivity index (χ4v) is 1.08. The van der Waals surface area contributed by atoms with Gasteiger partial charge in [-0.1, -0.05) is 23.7 Å². The van der Waals surface area contributed by atoms with Crippen molar-refractivity contribution in [1.29, 1.82) is 0 Å². The number of nitrogens with zero attached hydrogens (tertiary/aromatic N) is 1. The molecule has 88 valence electrons. The molecule has 0 atom stereocenters. The average Bonchev–Trinajstić information content (AvgIpc) is 2.19. The number of hydrogen-bond acceptors (Lipinski definition) is 2. The van der Waals surface area contributed by atoms with Crippen LogP contribution in [0.2, 0.25) is 5.02 Å². The van der Waals surface area contributed by atoms with Gasteiger partial charge < -0.3 is 11.5 Å². The zero-order valence-electron chi connectivity index (χ0n) is 8.31. The van der Waals surface area contributed by atoms with Crippen LogP contribution in [0.4, 0.5) is 0 Å². The van der Waals surface area contributed by atoms with Gasteiger partial charge in [0.2, 0.25) is 11.9 Å². The number of nitrogens with two attached hydrogens (primary N) is 2. The van der Waals surface area contributed by atoms with Gasteiger partial charge in [-0.15, -0.1) is 17.5 Å². The third-order valence-electron chi connectivity index (χ3n) is 1.59. The monoisotopic (exact) mass is 262 g/mol. The number of benzene rings is 1. The molecule has 0 heterocycles. The molecule has 16 heavy (non-hydrogen) atoms. The van der Waals surface area contributed by atoms with E-state index in [-0.39, 0.29) is 30.7 Å². The van der Waals surface area contributed by atoms with E-state index in [4.69, 9.17) is 23.1 Å². The van der Waals surface area contributed by atoms with Crippen LogP contribution in [0.3, 0.4) is 0 Å². The van der Waals surface area contributed by atoms with Crippen LogP contribution in [0.5, 0.6) is 0 Å². The predicted molar refractivity (Wildman–Crippen MR) is 66.4 cm³/mol. The van der Waals surface area contributed by atoms with E-state index in [2.05, 4.69) is 10.5 Å². The largest absolute Gasteiger partial charge is 0.369 e. The number of hydrogen-bond donors (Lipinski definition) is 3. The summed E-state index contributed by atoms with van der Waals surface area (Å²) in [5.41, 5.74) is 13.1. The Hall–Kier alpha value is -1.46. The predicted octanol–water partition coefficient (Wildman–Crippen LogP) is 0.609. The van der Waals surface area contributed by atoms with Crippen molar-refractivity contribution < 1.29 is 4.79 Å². The van der Waals surface area contributed by atoms with Crippen molar-refractivity contribution in [3.8, 4) is 0 Å². The molecule has 0 fully saturated rings. The van der Waals surface area contributed by atoms with Gasteiger partial charge in [-0.3, -0.25) is 4.79 Å². The molecule has 7 heteroatoms. The molecule has 0 aliphatic heterocycles. The number of rotatable bonds is 3. The molecule has 1 rings (SSSR count). The van der Waals surface area contributed by atoms with Crippen LogP contribution >= 0.6 is 24.0 Å². The lowest BCUT2D eigenvalue weighted by atomic mass is 10.1. The second-order valence-electron chi connectivity index (χ2n) is 2.87. The second kappa shape index (κ2) is 6.92. The summed E-state index contributed by atoms with van der Waals surface area (Å²) in [5, 5.41) is 4.01. The molecule has 0 saturated carbocycles. The highest BCUT2D eigenvalue weighted by Crippen LogP contribution is 2.09. The Morgan fingerprint density at radius 1 is 1.31 bits per heavy atom. The van der Waals surface area contributed by atoms with Crippen LogP contribution in [0.15, 0.2) is 29.4 Å². The number of carbonyl (C=O) groups excluding carboxylic acids is 1. The van der Waals surface area contributed by atoms with E-state index in [0.717, 1.165) is 5.56 Å². The molecule has 5 N–H and O–H groups in total. The first-order valence-corrected chi connectivity index (χ1v) is 4.57. The van der Waals surface area contributed by atoms with E-state index < -0.39 is 0 Å². The highest BCUT2D eigenvalue weighted by atomic mass is 35.5. The van der Waals surface area contributed by atoms with E-state index in [1.165, 1.54) is 0 Å². The van der Waals surface area contributed by atoms with Crippen LogP contribution in [0.1, 0.15) is 5.56 Å². The van der Waals surface area contributed by atoms with E-state index in [1.54, 1.807) is 24.3 Å². The summed E-state index contributed by atoms with van der Waals surface area (Å²) in [6.07, 6.45) is 0.202. The van der Waals surface area contributed by atoms with E-state index >= 15 is 0 Å². The lowest BCUT2D eigenvalue weighted by Crippen LogP contribution is -2.29. The quantitative estimate of drug-likeness (QED) is 0.423. The smallest absolute Gasteiger partial charge is 0.244 e.